The summed E-state index contributed by atoms with van der Waals surface area (Å²) in [6, 6.07) is 9.55. The topological polar surface area (TPSA) is 92.6 Å². The molecule has 1 aromatic carbocycles. The summed E-state index contributed by atoms with van der Waals surface area (Å²) in [7, 11) is 0. The number of benzene rings is 1. The molecule has 6 nitrogen and oxygen atoms in total. The van der Waals surface area contributed by atoms with E-state index in [2.05, 4.69) is 21.7 Å². The number of amides is 1. The van der Waals surface area contributed by atoms with Gasteiger partial charge in [-0.05, 0) is 55.0 Å². The van der Waals surface area contributed by atoms with Gasteiger partial charge in [-0.25, -0.2) is 0 Å². The van der Waals surface area contributed by atoms with Crippen molar-refractivity contribution in [3.05, 3.63) is 53.5 Å². The highest BCUT2D eigenvalue weighted by Gasteiger charge is 2.13. The molecule has 1 amide bonds. The number of aliphatic imine (C=N–C) groups is 1. The Morgan fingerprint density at radius 2 is 2.04 bits per heavy atom. The van der Waals surface area contributed by atoms with Crippen LogP contribution in [-0.4, -0.2) is 25.0 Å². The monoisotopic (exact) mass is 454 g/mol. The molecule has 0 saturated heterocycles. The average Bonchev–Trinajstić information content (AvgIpc) is 3.14. The number of carbonyl (C=O) groups excluding carboxylic acids is 1. The Hall–Kier alpha value is -2.03. The molecule has 0 bridgehead atoms. The van der Waals surface area contributed by atoms with Crippen LogP contribution in [0.3, 0.4) is 0 Å². The maximum atomic E-state index is 11.7. The number of halogens is 1. The van der Waals surface area contributed by atoms with Crippen LogP contribution in [0.25, 0.3) is 0 Å². The molecule has 1 aliphatic rings. The minimum Gasteiger partial charge on any atom is -0.459 e. The van der Waals surface area contributed by atoms with Crippen molar-refractivity contribution in [2.75, 3.05) is 18.4 Å². The summed E-state index contributed by atoms with van der Waals surface area (Å²) in [4.78, 5) is 16.0. The van der Waals surface area contributed by atoms with Gasteiger partial charge in [0.05, 0.1) is 12.8 Å². The van der Waals surface area contributed by atoms with Gasteiger partial charge in [-0.15, -0.1) is 24.0 Å². The third-order valence-electron chi connectivity index (χ3n) is 4.08. The van der Waals surface area contributed by atoms with Gasteiger partial charge in [-0.1, -0.05) is 12.1 Å². The second-order valence-corrected chi connectivity index (χ2v) is 5.78. The first-order chi connectivity index (χ1) is 11.7. The maximum absolute atomic E-state index is 11.7. The number of guanidine groups is 1. The van der Waals surface area contributed by atoms with Gasteiger partial charge in [-0.2, -0.15) is 0 Å². The average molecular weight is 454 g/mol. The molecular weight excluding hydrogens is 431 g/mol. The zero-order valence-electron chi connectivity index (χ0n) is 14.0. The molecule has 4 N–H and O–H groups in total. The molecule has 2 aromatic rings. The van der Waals surface area contributed by atoms with Gasteiger partial charge in [0.1, 0.15) is 0 Å². The highest BCUT2D eigenvalue weighted by Crippen LogP contribution is 2.27. The highest BCUT2D eigenvalue weighted by molar-refractivity contribution is 14.0. The summed E-state index contributed by atoms with van der Waals surface area (Å²) >= 11 is 0. The van der Waals surface area contributed by atoms with Crippen molar-refractivity contribution in [3.8, 4) is 0 Å². The lowest BCUT2D eigenvalue weighted by atomic mass is 9.90. The lowest BCUT2D eigenvalue weighted by molar-refractivity contribution is 0.0927. The Morgan fingerprint density at radius 3 is 2.84 bits per heavy atom. The van der Waals surface area contributed by atoms with Crippen molar-refractivity contribution in [1.82, 2.24) is 5.32 Å². The molecule has 0 radical (unpaired) electrons. The van der Waals surface area contributed by atoms with Crippen molar-refractivity contribution in [2.45, 2.75) is 25.7 Å². The number of hydrogen-bond donors (Lipinski definition) is 3. The fraction of sp³-hybridized carbons (Fsp3) is 0.333. The largest absolute Gasteiger partial charge is 0.459 e. The first kappa shape index (κ1) is 19.3. The predicted molar refractivity (Wildman–Crippen MR) is 110 cm³/mol. The van der Waals surface area contributed by atoms with Gasteiger partial charge in [0.25, 0.3) is 5.91 Å². The molecule has 7 heteroatoms. The number of nitrogens with two attached hydrogens (primary N) is 1. The zero-order valence-corrected chi connectivity index (χ0v) is 16.3. The summed E-state index contributed by atoms with van der Waals surface area (Å²) < 4.78 is 5.02. The van der Waals surface area contributed by atoms with Crippen LogP contribution in [0.5, 0.6) is 0 Å². The molecule has 0 aliphatic heterocycles. The van der Waals surface area contributed by atoms with E-state index < -0.39 is 0 Å². The van der Waals surface area contributed by atoms with Crippen LogP contribution in [0, 0.1) is 0 Å². The number of fused-ring (bicyclic) bond motifs is 1. The lowest BCUT2D eigenvalue weighted by Gasteiger charge is -2.19. The number of furan rings is 1. The van der Waals surface area contributed by atoms with E-state index in [1.54, 1.807) is 12.1 Å². The van der Waals surface area contributed by atoms with E-state index in [0.717, 1.165) is 18.5 Å². The smallest absolute Gasteiger partial charge is 0.287 e. The number of aryl methyl sites for hydroxylation is 1. The van der Waals surface area contributed by atoms with Gasteiger partial charge in [0.15, 0.2) is 11.7 Å². The molecule has 0 saturated carbocycles. The van der Waals surface area contributed by atoms with Crippen molar-refractivity contribution >= 4 is 41.5 Å². The van der Waals surface area contributed by atoms with Crippen LogP contribution < -0.4 is 16.4 Å². The molecule has 25 heavy (non-hydrogen) atoms. The Labute approximate surface area is 164 Å². The second kappa shape index (κ2) is 9.45. The second-order valence-electron chi connectivity index (χ2n) is 5.78. The van der Waals surface area contributed by atoms with Crippen LogP contribution in [0.1, 0.15) is 34.5 Å². The molecule has 1 aromatic heterocycles. The molecular formula is C18H23IN4O2. The van der Waals surface area contributed by atoms with Crippen LogP contribution in [0.15, 0.2) is 46.0 Å². The summed E-state index contributed by atoms with van der Waals surface area (Å²) in [5.41, 5.74) is 9.73. The number of rotatable bonds is 5. The van der Waals surface area contributed by atoms with E-state index >= 15 is 0 Å². The fourth-order valence-electron chi connectivity index (χ4n) is 2.92. The highest BCUT2D eigenvalue weighted by atomic mass is 127. The molecule has 134 valence electrons. The molecule has 1 aliphatic carbocycles. The van der Waals surface area contributed by atoms with Gasteiger partial charge in [-0.3, -0.25) is 9.79 Å². The first-order valence-electron chi connectivity index (χ1n) is 8.23. The molecule has 0 atom stereocenters. The third-order valence-corrected chi connectivity index (χ3v) is 4.08. The number of nitrogens with one attached hydrogen (secondary N) is 2. The Morgan fingerprint density at radius 1 is 1.20 bits per heavy atom. The first-order valence-corrected chi connectivity index (χ1v) is 8.23. The third kappa shape index (κ3) is 5.22. The minimum atomic E-state index is -0.251. The van der Waals surface area contributed by atoms with Crippen LogP contribution in [0.2, 0.25) is 0 Å². The number of hydrogen-bond acceptors (Lipinski definition) is 3. The van der Waals surface area contributed by atoms with E-state index in [1.807, 2.05) is 12.1 Å². The van der Waals surface area contributed by atoms with E-state index in [-0.39, 0.29) is 29.9 Å². The summed E-state index contributed by atoms with van der Waals surface area (Å²) in [6.07, 6.45) is 6.12. The lowest BCUT2D eigenvalue weighted by Crippen LogP contribution is -2.28. The molecule has 0 fully saturated rings. The van der Waals surface area contributed by atoms with Crippen LogP contribution in [-0.2, 0) is 12.8 Å². The number of nitrogens with zero attached hydrogens (tertiary/aromatic N) is 1. The fourth-order valence-corrected chi connectivity index (χ4v) is 2.92. The van der Waals surface area contributed by atoms with Crippen molar-refractivity contribution in [3.63, 3.8) is 0 Å². The molecule has 0 unspecified atom stereocenters. The zero-order chi connectivity index (χ0) is 16.8. The quantitative estimate of drug-likeness (QED) is 0.280. The van der Waals surface area contributed by atoms with Crippen molar-refractivity contribution < 1.29 is 9.21 Å². The van der Waals surface area contributed by atoms with E-state index in [0.29, 0.717) is 24.8 Å². The van der Waals surface area contributed by atoms with E-state index in [4.69, 9.17) is 10.2 Å². The summed E-state index contributed by atoms with van der Waals surface area (Å²) in [5, 5.41) is 5.91. The molecule has 1 heterocycles. The van der Waals surface area contributed by atoms with Crippen molar-refractivity contribution in [1.29, 1.82) is 0 Å². The standard InChI is InChI=1S/C18H22N4O2.HI/c19-18(21-11-10-20-17(23)16-9-4-12-24-16)22-15-8-3-6-13-5-1-2-7-14(13)15;/h3-4,6,8-9,12H,1-2,5,7,10-11H2,(H,20,23)(H3,19,21,22);1H. The normalized spacial score (nSPS) is 13.5. The van der Waals surface area contributed by atoms with E-state index in [9.17, 15) is 4.79 Å². The van der Waals surface area contributed by atoms with E-state index in [1.165, 1.54) is 30.2 Å². The van der Waals surface area contributed by atoms with Gasteiger partial charge in [0, 0.05) is 12.2 Å². The Kier molecular flexibility index (Phi) is 7.30. The number of carbonyl (C=O) groups is 1. The summed E-state index contributed by atoms with van der Waals surface area (Å²) in [6.45, 7) is 0.801. The SMILES string of the molecule is I.NC(=NCCNC(=O)c1ccco1)Nc1cccc2c1CCCC2. The Bertz CT molecular complexity index is 729. The predicted octanol–water partition coefficient (Wildman–Crippen LogP) is 2.93. The van der Waals surface area contributed by atoms with Crippen LogP contribution in [0.4, 0.5) is 5.69 Å². The van der Waals surface area contributed by atoms with Crippen LogP contribution >= 0.6 is 24.0 Å². The Balaban J connectivity index is 0.00000225. The van der Waals surface area contributed by atoms with Crippen molar-refractivity contribution in [2.24, 2.45) is 10.7 Å². The molecule has 3 rings (SSSR count). The van der Waals surface area contributed by atoms with Gasteiger partial charge < -0.3 is 20.8 Å². The maximum Gasteiger partial charge on any atom is 0.287 e. The van der Waals surface area contributed by atoms with Gasteiger partial charge >= 0.3 is 0 Å². The van der Waals surface area contributed by atoms with Gasteiger partial charge in [0.2, 0.25) is 0 Å². The minimum absolute atomic E-state index is 0. The molecule has 0 spiro atoms. The number of anilines is 1. The summed E-state index contributed by atoms with van der Waals surface area (Å²) in [5.74, 6) is 0.404.